The first-order valence-corrected chi connectivity index (χ1v) is 12.1. The highest BCUT2D eigenvalue weighted by molar-refractivity contribution is 7.17. The van der Waals surface area contributed by atoms with Gasteiger partial charge in [-0.15, -0.1) is 11.3 Å². The number of benzene rings is 1. The monoisotopic (exact) mass is 424 g/mol. The fourth-order valence-electron chi connectivity index (χ4n) is 4.90. The lowest BCUT2D eigenvalue weighted by Gasteiger charge is -2.30. The van der Waals surface area contributed by atoms with Gasteiger partial charge in [-0.2, -0.15) is 0 Å². The molecule has 1 saturated carbocycles. The molecule has 4 rings (SSSR count). The van der Waals surface area contributed by atoms with E-state index in [1.807, 2.05) is 31.2 Å². The first kappa shape index (κ1) is 21.3. The molecule has 2 aromatic rings. The standard InChI is InChI=1S/C25H32N2O2S/c1-17-10-6-7-13-19(17)24(29)23-20-14-8-9-15-21(20)30-25(23)26-22(28)16-27(2)18-11-4-3-5-12-18/h6-7,10,13,18H,3-5,8-9,11-12,14-16H2,1-2H3,(H,26,28). The van der Waals surface area contributed by atoms with E-state index in [4.69, 9.17) is 0 Å². The number of hydrogen-bond donors (Lipinski definition) is 1. The summed E-state index contributed by atoms with van der Waals surface area (Å²) in [4.78, 5) is 29.9. The molecule has 30 heavy (non-hydrogen) atoms. The number of likely N-dealkylation sites (N-methyl/N-ethyl adjacent to an activating group) is 1. The maximum atomic E-state index is 13.5. The van der Waals surface area contributed by atoms with Crippen LogP contribution in [0.4, 0.5) is 5.00 Å². The Kier molecular flexibility index (Phi) is 6.69. The largest absolute Gasteiger partial charge is 0.316 e. The van der Waals surface area contributed by atoms with Gasteiger partial charge in [0, 0.05) is 16.5 Å². The minimum atomic E-state index is -0.0134. The number of thiophene rings is 1. The number of carbonyl (C=O) groups is 2. The number of hydrogen-bond acceptors (Lipinski definition) is 4. The molecular formula is C25H32N2O2S. The van der Waals surface area contributed by atoms with Crippen molar-refractivity contribution in [3.63, 3.8) is 0 Å². The van der Waals surface area contributed by atoms with E-state index in [2.05, 4.69) is 17.3 Å². The molecule has 1 heterocycles. The van der Waals surface area contributed by atoms with Gasteiger partial charge in [-0.3, -0.25) is 14.5 Å². The van der Waals surface area contributed by atoms with Crippen LogP contribution in [-0.2, 0) is 17.6 Å². The van der Waals surface area contributed by atoms with Gasteiger partial charge in [0.05, 0.1) is 12.1 Å². The van der Waals surface area contributed by atoms with Crippen LogP contribution in [0.3, 0.4) is 0 Å². The van der Waals surface area contributed by atoms with E-state index in [-0.39, 0.29) is 11.7 Å². The predicted molar refractivity (Wildman–Crippen MR) is 124 cm³/mol. The molecule has 0 saturated heterocycles. The first-order chi connectivity index (χ1) is 14.5. The lowest BCUT2D eigenvalue weighted by molar-refractivity contribution is -0.117. The summed E-state index contributed by atoms with van der Waals surface area (Å²) in [6, 6.07) is 8.24. The van der Waals surface area contributed by atoms with Crippen LogP contribution in [0.15, 0.2) is 24.3 Å². The van der Waals surface area contributed by atoms with Gasteiger partial charge >= 0.3 is 0 Å². The molecule has 4 nitrogen and oxygen atoms in total. The van der Waals surface area contributed by atoms with Crippen molar-refractivity contribution in [3.8, 4) is 0 Å². The summed E-state index contributed by atoms with van der Waals surface area (Å²) in [5.74, 6) is 0.0314. The summed E-state index contributed by atoms with van der Waals surface area (Å²) < 4.78 is 0. The quantitative estimate of drug-likeness (QED) is 0.634. The third-order valence-electron chi connectivity index (χ3n) is 6.63. The fraction of sp³-hybridized carbons (Fsp3) is 0.520. The number of nitrogens with one attached hydrogen (secondary N) is 1. The van der Waals surface area contributed by atoms with Gasteiger partial charge in [-0.05, 0) is 63.6 Å². The van der Waals surface area contributed by atoms with Gasteiger partial charge in [-0.25, -0.2) is 0 Å². The van der Waals surface area contributed by atoms with Gasteiger partial charge in [0.25, 0.3) is 0 Å². The maximum absolute atomic E-state index is 13.5. The van der Waals surface area contributed by atoms with E-state index < -0.39 is 0 Å². The van der Waals surface area contributed by atoms with Gasteiger partial charge in [0.2, 0.25) is 5.91 Å². The molecule has 1 aromatic carbocycles. The average Bonchev–Trinajstić information content (AvgIpc) is 3.11. The van der Waals surface area contributed by atoms with Crippen LogP contribution in [-0.4, -0.2) is 36.2 Å². The predicted octanol–water partition coefficient (Wildman–Crippen LogP) is 5.37. The molecule has 0 aliphatic heterocycles. The minimum Gasteiger partial charge on any atom is -0.316 e. The highest BCUT2D eigenvalue weighted by Crippen LogP contribution is 2.39. The summed E-state index contributed by atoms with van der Waals surface area (Å²) in [7, 11) is 2.05. The third-order valence-corrected chi connectivity index (χ3v) is 7.84. The highest BCUT2D eigenvalue weighted by Gasteiger charge is 2.28. The number of carbonyl (C=O) groups excluding carboxylic acids is 2. The number of aryl methyl sites for hydroxylation is 2. The molecule has 0 spiro atoms. The van der Waals surface area contributed by atoms with E-state index in [9.17, 15) is 9.59 Å². The Balaban J connectivity index is 1.57. The number of ketones is 1. The summed E-state index contributed by atoms with van der Waals surface area (Å²) in [6.45, 7) is 2.36. The number of rotatable bonds is 6. The molecule has 1 N–H and O–H groups in total. The van der Waals surface area contributed by atoms with Crippen LogP contribution < -0.4 is 5.32 Å². The van der Waals surface area contributed by atoms with Gasteiger partial charge in [0.15, 0.2) is 5.78 Å². The van der Waals surface area contributed by atoms with Crippen LogP contribution in [0.2, 0.25) is 0 Å². The zero-order chi connectivity index (χ0) is 21.1. The zero-order valence-electron chi connectivity index (χ0n) is 18.1. The van der Waals surface area contributed by atoms with Crippen molar-refractivity contribution < 1.29 is 9.59 Å². The van der Waals surface area contributed by atoms with Crippen molar-refractivity contribution in [1.29, 1.82) is 0 Å². The third kappa shape index (κ3) is 4.52. The summed E-state index contributed by atoms with van der Waals surface area (Å²) in [6.07, 6.45) is 10.4. The normalized spacial score (nSPS) is 17.0. The number of amides is 1. The molecular weight excluding hydrogens is 392 g/mol. The van der Waals surface area contributed by atoms with Crippen LogP contribution in [0.25, 0.3) is 0 Å². The van der Waals surface area contributed by atoms with Gasteiger partial charge < -0.3 is 5.32 Å². The van der Waals surface area contributed by atoms with E-state index in [1.165, 1.54) is 37.0 Å². The van der Waals surface area contributed by atoms with Gasteiger partial charge in [0.1, 0.15) is 5.00 Å². The van der Waals surface area contributed by atoms with Crippen molar-refractivity contribution in [2.45, 2.75) is 70.8 Å². The molecule has 0 unspecified atom stereocenters. The summed E-state index contributed by atoms with van der Waals surface area (Å²) in [5, 5.41) is 3.87. The Morgan fingerprint density at radius 3 is 2.57 bits per heavy atom. The Bertz CT molecular complexity index is 927. The Hall–Kier alpha value is -1.98. The van der Waals surface area contributed by atoms with Gasteiger partial charge in [-0.1, -0.05) is 43.5 Å². The highest BCUT2D eigenvalue weighted by atomic mass is 32.1. The lowest BCUT2D eigenvalue weighted by Crippen LogP contribution is -2.39. The summed E-state index contributed by atoms with van der Waals surface area (Å²) in [5.41, 5.74) is 3.61. The van der Waals surface area contributed by atoms with E-state index in [0.717, 1.165) is 52.9 Å². The lowest BCUT2D eigenvalue weighted by atomic mass is 9.91. The fourth-order valence-corrected chi connectivity index (χ4v) is 6.20. The van der Waals surface area contributed by atoms with Crippen LogP contribution in [0.5, 0.6) is 0 Å². The molecule has 5 heteroatoms. The van der Waals surface area contributed by atoms with E-state index >= 15 is 0 Å². The number of nitrogens with zero attached hydrogens (tertiary/aromatic N) is 1. The Morgan fingerprint density at radius 2 is 1.80 bits per heavy atom. The molecule has 2 aliphatic carbocycles. The molecule has 1 aromatic heterocycles. The molecule has 2 aliphatic rings. The van der Waals surface area contributed by atoms with Crippen LogP contribution in [0, 0.1) is 6.92 Å². The first-order valence-electron chi connectivity index (χ1n) is 11.3. The number of fused-ring (bicyclic) bond motifs is 1. The van der Waals surface area contributed by atoms with Crippen LogP contribution >= 0.6 is 11.3 Å². The second-order valence-electron chi connectivity index (χ2n) is 8.81. The van der Waals surface area contributed by atoms with Crippen molar-refractivity contribution in [3.05, 3.63) is 51.4 Å². The van der Waals surface area contributed by atoms with E-state index in [0.29, 0.717) is 12.6 Å². The molecule has 0 atom stereocenters. The molecule has 0 radical (unpaired) electrons. The smallest absolute Gasteiger partial charge is 0.239 e. The minimum absolute atomic E-state index is 0.0134. The molecule has 0 bridgehead atoms. The molecule has 1 amide bonds. The average molecular weight is 425 g/mol. The Labute approximate surface area is 183 Å². The SMILES string of the molecule is Cc1ccccc1C(=O)c1c(NC(=O)CN(C)C2CCCCC2)sc2c1CCCC2. The van der Waals surface area contributed by atoms with E-state index in [1.54, 1.807) is 11.3 Å². The zero-order valence-corrected chi connectivity index (χ0v) is 18.9. The van der Waals surface area contributed by atoms with Crippen molar-refractivity contribution in [2.24, 2.45) is 0 Å². The van der Waals surface area contributed by atoms with Crippen molar-refractivity contribution >= 4 is 28.0 Å². The molecule has 160 valence electrons. The van der Waals surface area contributed by atoms with Crippen molar-refractivity contribution in [1.82, 2.24) is 4.90 Å². The maximum Gasteiger partial charge on any atom is 0.239 e. The second-order valence-corrected chi connectivity index (χ2v) is 9.92. The van der Waals surface area contributed by atoms with Crippen molar-refractivity contribution in [2.75, 3.05) is 18.9 Å². The molecule has 1 fully saturated rings. The topological polar surface area (TPSA) is 49.4 Å². The number of anilines is 1. The summed E-state index contributed by atoms with van der Waals surface area (Å²) >= 11 is 1.61. The van der Waals surface area contributed by atoms with Crippen LogP contribution in [0.1, 0.15) is 76.9 Å². The second kappa shape index (κ2) is 9.44. The Morgan fingerprint density at radius 1 is 1.07 bits per heavy atom.